The number of para-hydroxylation sites is 4. The molecule has 67 heavy (non-hydrogen) atoms. The van der Waals surface area contributed by atoms with E-state index in [0.717, 1.165) is 0 Å². The fourth-order valence-electron chi connectivity index (χ4n) is 6.88. The zero-order valence-electron chi connectivity index (χ0n) is 39.2. The molecule has 0 amide bonds. The lowest BCUT2D eigenvalue weighted by Crippen LogP contribution is -2.56. The Morgan fingerprint density at radius 1 is 0.522 bits per heavy atom. The minimum absolute atomic E-state index is 0.00978. The quantitative estimate of drug-likeness (QED) is 0.0479. The van der Waals surface area contributed by atoms with Crippen LogP contribution in [0.3, 0.4) is 0 Å². The van der Waals surface area contributed by atoms with Gasteiger partial charge in [-0.05, 0) is 85.5 Å². The summed E-state index contributed by atoms with van der Waals surface area (Å²) in [5, 5.41) is 22.2. The molecule has 6 aromatic rings. The maximum Gasteiger partial charge on any atom is 0.263 e. The van der Waals surface area contributed by atoms with Crippen molar-refractivity contribution in [1.29, 1.82) is 0 Å². The Bertz CT molecular complexity index is 2430. The molecule has 356 valence electrons. The van der Waals surface area contributed by atoms with Gasteiger partial charge in [-0.2, -0.15) is 9.97 Å². The van der Waals surface area contributed by atoms with E-state index in [1.54, 1.807) is 73.3 Å². The van der Waals surface area contributed by atoms with E-state index in [0.29, 0.717) is 35.8 Å². The number of hydrogen-bond acceptors (Lipinski definition) is 17. The van der Waals surface area contributed by atoms with Crippen molar-refractivity contribution in [3.05, 3.63) is 95.8 Å². The van der Waals surface area contributed by atoms with Gasteiger partial charge in [0, 0.05) is 24.8 Å². The lowest BCUT2D eigenvalue weighted by atomic mass is 10.1. The van der Waals surface area contributed by atoms with Gasteiger partial charge < -0.3 is 42.7 Å². The van der Waals surface area contributed by atoms with E-state index in [-0.39, 0.29) is 70.1 Å². The molecule has 4 aromatic heterocycles. The SMILES string of the molecule is COc1ccccc1Oc1c(Cl)nc(-c2ncccn2)nc1OCC(O)CC(C)(C)[Si](C)(C)O[Si](C)(C)C(C)(C)CC(O)COc1nc(-c2ncccn2)nc(Cl)c1Oc1ccccc1OC. The van der Waals surface area contributed by atoms with Crippen molar-refractivity contribution < 1.29 is 42.7 Å². The van der Waals surface area contributed by atoms with Crippen molar-refractivity contribution in [3.63, 3.8) is 0 Å². The first-order valence-electron chi connectivity index (χ1n) is 21.4. The molecule has 2 atom stereocenters. The molecule has 2 aromatic carbocycles. The Morgan fingerprint density at radius 2 is 0.866 bits per heavy atom. The highest BCUT2D eigenvalue weighted by Crippen LogP contribution is 2.50. The highest BCUT2D eigenvalue weighted by atomic mass is 35.5. The first-order chi connectivity index (χ1) is 31.7. The van der Waals surface area contributed by atoms with Crippen LogP contribution in [-0.2, 0) is 4.12 Å². The van der Waals surface area contributed by atoms with Crippen LogP contribution in [0.4, 0.5) is 0 Å². The molecule has 6 rings (SSSR count). The van der Waals surface area contributed by atoms with E-state index >= 15 is 0 Å². The van der Waals surface area contributed by atoms with Crippen LogP contribution in [0.15, 0.2) is 85.5 Å². The summed E-state index contributed by atoms with van der Waals surface area (Å²) in [7, 11) is -2.23. The fraction of sp³-hybridized carbons (Fsp3) is 0.391. The van der Waals surface area contributed by atoms with Gasteiger partial charge in [-0.15, -0.1) is 0 Å². The topological polar surface area (TPSA) is 208 Å². The summed E-state index contributed by atoms with van der Waals surface area (Å²) in [5.41, 5.74) is 0. The zero-order valence-corrected chi connectivity index (χ0v) is 42.7. The number of methoxy groups -OCH3 is 2. The number of hydrogen-bond donors (Lipinski definition) is 2. The van der Waals surface area contributed by atoms with Gasteiger partial charge in [-0.1, -0.05) is 75.2 Å². The molecule has 21 heteroatoms. The molecule has 0 spiro atoms. The van der Waals surface area contributed by atoms with Crippen LogP contribution in [0.25, 0.3) is 23.3 Å². The molecule has 0 saturated heterocycles. The number of aliphatic hydroxyl groups excluding tert-OH is 2. The van der Waals surface area contributed by atoms with Crippen LogP contribution in [-0.4, -0.2) is 106 Å². The predicted octanol–water partition coefficient (Wildman–Crippen LogP) is 10.0. The van der Waals surface area contributed by atoms with Crippen molar-refractivity contribution in [2.24, 2.45) is 0 Å². The summed E-state index contributed by atoms with van der Waals surface area (Å²) < 4.78 is 42.9. The summed E-state index contributed by atoms with van der Waals surface area (Å²) in [5.74, 6) is 2.37. The molecular weight excluding hydrogens is 936 g/mol. The second-order valence-electron chi connectivity index (χ2n) is 17.8. The Morgan fingerprint density at radius 3 is 1.21 bits per heavy atom. The van der Waals surface area contributed by atoms with Crippen molar-refractivity contribution in [2.45, 2.75) is 89.0 Å². The third-order valence-electron chi connectivity index (χ3n) is 11.8. The van der Waals surface area contributed by atoms with E-state index in [4.69, 9.17) is 55.7 Å². The number of benzene rings is 2. The van der Waals surface area contributed by atoms with Crippen molar-refractivity contribution in [2.75, 3.05) is 27.4 Å². The maximum absolute atomic E-state index is 11.6. The monoisotopic (exact) mass is 990 g/mol. The fourth-order valence-corrected chi connectivity index (χ4v) is 16.0. The minimum Gasteiger partial charge on any atom is -0.493 e. The number of rotatable bonds is 22. The molecule has 0 fully saturated rings. The molecule has 0 bridgehead atoms. The normalized spacial score (nSPS) is 13.1. The smallest absolute Gasteiger partial charge is 0.263 e. The van der Waals surface area contributed by atoms with Gasteiger partial charge in [0.1, 0.15) is 13.2 Å². The predicted molar refractivity (Wildman–Crippen MR) is 259 cm³/mol. The van der Waals surface area contributed by atoms with Crippen LogP contribution in [0.1, 0.15) is 40.5 Å². The third-order valence-corrected chi connectivity index (χ3v) is 23.3. The van der Waals surface area contributed by atoms with Crippen molar-refractivity contribution >= 4 is 39.8 Å². The average molecular weight is 992 g/mol. The molecular formula is C46H56Cl2N8O9Si2. The van der Waals surface area contributed by atoms with Crippen LogP contribution in [0.2, 0.25) is 46.6 Å². The Hall–Kier alpha value is -5.55. The Balaban J connectivity index is 1.13. The second kappa shape index (κ2) is 21.6. The van der Waals surface area contributed by atoms with Crippen LogP contribution in [0, 0.1) is 0 Å². The first-order valence-corrected chi connectivity index (χ1v) is 27.9. The lowest BCUT2D eigenvalue weighted by Gasteiger charge is -2.50. The van der Waals surface area contributed by atoms with E-state index in [2.05, 4.69) is 93.8 Å². The molecule has 0 saturated carbocycles. The highest BCUT2D eigenvalue weighted by molar-refractivity contribution is 6.87. The number of nitrogens with zero attached hydrogens (tertiary/aromatic N) is 8. The van der Waals surface area contributed by atoms with E-state index in [9.17, 15) is 10.2 Å². The van der Waals surface area contributed by atoms with Gasteiger partial charge in [0.25, 0.3) is 11.8 Å². The molecule has 0 aliphatic carbocycles. The third kappa shape index (κ3) is 12.5. The van der Waals surface area contributed by atoms with Gasteiger partial charge in [-0.3, -0.25) is 0 Å². The van der Waals surface area contributed by atoms with Crippen molar-refractivity contribution in [1.82, 2.24) is 39.9 Å². The highest BCUT2D eigenvalue weighted by Gasteiger charge is 2.51. The zero-order chi connectivity index (χ0) is 48.6. The molecule has 17 nitrogen and oxygen atoms in total. The van der Waals surface area contributed by atoms with Gasteiger partial charge in [0.15, 0.2) is 61.6 Å². The summed E-state index contributed by atoms with van der Waals surface area (Å²) in [6.45, 7) is 16.7. The van der Waals surface area contributed by atoms with E-state index in [1.807, 2.05) is 12.1 Å². The molecule has 0 radical (unpaired) electrons. The summed E-state index contributed by atoms with van der Waals surface area (Å²) in [6, 6.07) is 17.4. The molecule has 2 unspecified atom stereocenters. The van der Waals surface area contributed by atoms with Gasteiger partial charge in [0.05, 0.1) is 26.4 Å². The molecule has 0 aliphatic rings. The molecule has 0 aliphatic heterocycles. The van der Waals surface area contributed by atoms with Gasteiger partial charge >= 0.3 is 0 Å². The Kier molecular flexibility index (Phi) is 16.4. The Labute approximate surface area is 402 Å². The van der Waals surface area contributed by atoms with Crippen LogP contribution < -0.4 is 28.4 Å². The number of halogens is 2. The standard InChI is InChI=1S/C46H56Cl2N8O9Si2/c1-45(2,25-29(57)27-61-43-35(63-33-19-13-11-17-31(33)59-5)37(47)53-41(55-43)39-49-21-15-22-50-39)66(7,8)65-67(9,10)46(3,4)26-30(58)28-62-44-36(64-34-20-14-12-18-32(34)60-6)38(48)54-42(56-44)40-51-23-16-24-52-40/h11-24,29-30,57-58H,25-28H2,1-10H3. The van der Waals surface area contributed by atoms with Gasteiger partial charge in [-0.25, -0.2) is 29.9 Å². The largest absolute Gasteiger partial charge is 0.493 e. The van der Waals surface area contributed by atoms with E-state index < -0.39 is 38.9 Å². The summed E-state index contributed by atoms with van der Waals surface area (Å²) in [4.78, 5) is 34.9. The minimum atomic E-state index is -2.64. The van der Waals surface area contributed by atoms with Crippen LogP contribution in [0.5, 0.6) is 46.3 Å². The number of ether oxygens (including phenoxy) is 6. The summed E-state index contributed by atoms with van der Waals surface area (Å²) in [6.07, 6.45) is 5.02. The summed E-state index contributed by atoms with van der Waals surface area (Å²) >= 11 is 13.4. The molecule has 4 heterocycles. The van der Waals surface area contributed by atoms with Crippen molar-refractivity contribution in [3.8, 4) is 69.6 Å². The lowest BCUT2D eigenvalue weighted by molar-refractivity contribution is 0.0833. The number of aliphatic hydroxyl groups is 2. The maximum atomic E-state index is 11.6. The molecule has 2 N–H and O–H groups in total. The van der Waals surface area contributed by atoms with Crippen LogP contribution >= 0.6 is 23.2 Å². The average Bonchev–Trinajstić information content (AvgIpc) is 3.29. The van der Waals surface area contributed by atoms with Gasteiger partial charge in [0.2, 0.25) is 23.1 Å². The first kappa shape index (κ1) is 50.9. The van der Waals surface area contributed by atoms with E-state index in [1.165, 1.54) is 14.2 Å². The second-order valence-corrected chi connectivity index (χ2v) is 28.1. The number of aromatic nitrogens is 8.